The molecule has 0 radical (unpaired) electrons. The fraction of sp³-hybridized carbons (Fsp3) is 0.552. The lowest BCUT2D eigenvalue weighted by Gasteiger charge is -2.48. The zero-order chi connectivity index (χ0) is 27.2. The van der Waals surface area contributed by atoms with Crippen molar-refractivity contribution in [1.82, 2.24) is 0 Å². The van der Waals surface area contributed by atoms with Gasteiger partial charge in [0.15, 0.2) is 6.29 Å². The van der Waals surface area contributed by atoms with Crippen LogP contribution in [0.3, 0.4) is 0 Å². The van der Waals surface area contributed by atoms with E-state index >= 15 is 0 Å². The van der Waals surface area contributed by atoms with Crippen LogP contribution >= 0.6 is 0 Å². The number of carboxylic acids is 1. The zero-order valence-corrected chi connectivity index (χ0v) is 23.5. The first-order valence-electron chi connectivity index (χ1n) is 13.1. The van der Waals surface area contributed by atoms with Crippen molar-refractivity contribution in [3.63, 3.8) is 0 Å². The Balaban J connectivity index is 1.77. The van der Waals surface area contributed by atoms with E-state index in [2.05, 4.69) is 45.0 Å². The first-order valence-corrected chi connectivity index (χ1v) is 15.0. The smallest absolute Gasteiger partial charge is 0.305 e. The van der Waals surface area contributed by atoms with Crippen LogP contribution in [-0.4, -0.2) is 66.4 Å². The molecule has 0 saturated carbocycles. The van der Waals surface area contributed by atoms with E-state index in [1.807, 2.05) is 50.2 Å². The van der Waals surface area contributed by atoms with Crippen molar-refractivity contribution in [2.24, 2.45) is 0 Å². The van der Waals surface area contributed by atoms with E-state index in [9.17, 15) is 15.0 Å². The summed E-state index contributed by atoms with van der Waals surface area (Å²) in [5.74, 6) is -1.03. The molecule has 8 heteroatoms. The molecule has 0 spiro atoms. The highest BCUT2D eigenvalue weighted by Gasteiger charge is 2.53. The normalized spacial score (nSPS) is 24.4. The highest BCUT2D eigenvalue weighted by atomic mass is 28.4. The number of aliphatic hydroxyl groups excluding tert-OH is 2. The fourth-order valence-electron chi connectivity index (χ4n) is 5.14. The van der Waals surface area contributed by atoms with Gasteiger partial charge in [-0.25, -0.2) is 0 Å². The van der Waals surface area contributed by atoms with E-state index in [-0.39, 0.29) is 29.8 Å². The van der Waals surface area contributed by atoms with Gasteiger partial charge in [0, 0.05) is 6.42 Å². The number of aliphatic carboxylic acids is 1. The van der Waals surface area contributed by atoms with Crippen LogP contribution in [0.1, 0.15) is 60.3 Å². The Kier molecular flexibility index (Phi) is 10.1. The minimum atomic E-state index is -2.81. The summed E-state index contributed by atoms with van der Waals surface area (Å²) >= 11 is 0. The minimum absolute atomic E-state index is 0.195. The Hall–Kier alpha value is -2.07. The summed E-state index contributed by atoms with van der Waals surface area (Å²) in [5.41, 5.74) is 0. The lowest BCUT2D eigenvalue weighted by molar-refractivity contribution is -0.271. The molecule has 0 bridgehead atoms. The van der Waals surface area contributed by atoms with Crippen LogP contribution in [0.15, 0.2) is 60.7 Å². The van der Waals surface area contributed by atoms with Crippen molar-refractivity contribution in [2.45, 2.75) is 102 Å². The van der Waals surface area contributed by atoms with Crippen molar-refractivity contribution in [3.8, 4) is 0 Å². The van der Waals surface area contributed by atoms with E-state index in [4.69, 9.17) is 19.0 Å². The Morgan fingerprint density at radius 3 is 2.08 bits per heavy atom. The number of aliphatic hydroxyl groups is 2. The van der Waals surface area contributed by atoms with E-state index in [0.717, 1.165) is 0 Å². The summed E-state index contributed by atoms with van der Waals surface area (Å²) < 4.78 is 19.3. The second-order valence-electron chi connectivity index (χ2n) is 11.1. The number of carboxylic acid groups (broad SMARTS) is 1. The van der Waals surface area contributed by atoms with Crippen molar-refractivity contribution in [1.29, 1.82) is 0 Å². The number of carbonyl (C=O) groups is 1. The van der Waals surface area contributed by atoms with Gasteiger partial charge in [-0.1, -0.05) is 81.4 Å². The van der Waals surface area contributed by atoms with E-state index in [1.165, 1.54) is 10.4 Å². The van der Waals surface area contributed by atoms with Gasteiger partial charge in [0.25, 0.3) is 8.32 Å². The summed E-state index contributed by atoms with van der Waals surface area (Å²) in [6.07, 6.45) is -2.78. The van der Waals surface area contributed by atoms with Crippen molar-refractivity contribution in [2.75, 3.05) is 0 Å². The molecular formula is C29H42O7Si. The number of benzene rings is 2. The molecule has 2 aromatic carbocycles. The zero-order valence-electron chi connectivity index (χ0n) is 22.5. The summed E-state index contributed by atoms with van der Waals surface area (Å²) in [4.78, 5) is 10.8. The van der Waals surface area contributed by atoms with Crippen LogP contribution in [0, 0.1) is 0 Å². The maximum absolute atomic E-state index is 11.0. The van der Waals surface area contributed by atoms with E-state index in [0.29, 0.717) is 19.3 Å². The standard InChI is InChI=1S/C29H42O7Si/c1-20(16-17-22(30)18-27(32)33)34-28-25(31)19-26(21(2)35-28)36-37(29(3,4)5,23-12-8-6-9-13-23)24-14-10-7-11-15-24/h6-15,20-22,25-26,28,30-31H,16-19H2,1-5H3,(H,32,33)/t20-,21+,22?,25-,26-,28-/m1/s1. The number of hydrogen-bond donors (Lipinski definition) is 3. The number of ether oxygens (including phenoxy) is 2. The predicted octanol–water partition coefficient (Wildman–Crippen LogP) is 3.45. The maximum atomic E-state index is 11.0. The van der Waals surface area contributed by atoms with Gasteiger partial charge in [-0.15, -0.1) is 0 Å². The molecule has 7 nitrogen and oxygen atoms in total. The third kappa shape index (κ3) is 7.28. The first kappa shape index (κ1) is 29.5. The van der Waals surface area contributed by atoms with E-state index in [1.54, 1.807) is 0 Å². The fourth-order valence-corrected chi connectivity index (χ4v) is 9.90. The summed E-state index contributed by atoms with van der Waals surface area (Å²) in [6, 6.07) is 20.8. The van der Waals surface area contributed by atoms with E-state index < -0.39 is 32.8 Å². The lowest BCUT2D eigenvalue weighted by atomic mass is 10.0. The molecule has 3 N–H and O–H groups in total. The van der Waals surface area contributed by atoms with Gasteiger partial charge >= 0.3 is 5.97 Å². The largest absolute Gasteiger partial charge is 0.481 e. The molecule has 1 fully saturated rings. The Bertz CT molecular complexity index is 939. The Morgan fingerprint density at radius 2 is 1.59 bits per heavy atom. The molecule has 1 unspecified atom stereocenters. The molecular weight excluding hydrogens is 488 g/mol. The molecule has 0 aromatic heterocycles. The molecule has 2 aromatic rings. The van der Waals surface area contributed by atoms with Crippen LogP contribution in [0.2, 0.25) is 5.04 Å². The highest BCUT2D eigenvalue weighted by Crippen LogP contribution is 2.39. The summed E-state index contributed by atoms with van der Waals surface area (Å²) in [6.45, 7) is 10.4. The molecule has 1 aliphatic rings. The van der Waals surface area contributed by atoms with Crippen molar-refractivity contribution in [3.05, 3.63) is 60.7 Å². The van der Waals surface area contributed by atoms with Crippen LogP contribution in [-0.2, 0) is 18.7 Å². The van der Waals surface area contributed by atoms with Crippen LogP contribution in [0.5, 0.6) is 0 Å². The molecule has 204 valence electrons. The second kappa shape index (κ2) is 12.6. The number of rotatable bonds is 11. The quantitative estimate of drug-likeness (QED) is 0.382. The van der Waals surface area contributed by atoms with Gasteiger partial charge in [-0.05, 0) is 42.1 Å². The first-order chi connectivity index (χ1) is 17.4. The molecule has 0 aliphatic carbocycles. The summed E-state index contributed by atoms with van der Waals surface area (Å²) in [5, 5.41) is 31.8. The Morgan fingerprint density at radius 1 is 1.05 bits per heavy atom. The molecule has 1 saturated heterocycles. The molecule has 37 heavy (non-hydrogen) atoms. The van der Waals surface area contributed by atoms with Crippen molar-refractivity contribution < 1.29 is 34.0 Å². The second-order valence-corrected chi connectivity index (χ2v) is 15.4. The van der Waals surface area contributed by atoms with Gasteiger partial charge < -0.3 is 29.2 Å². The SMILES string of the molecule is C[C@H](CCC(O)CC(=O)O)O[C@@H]1O[C@@H](C)[C@H](O[Si](c2ccccc2)(c2ccccc2)C(C)(C)C)C[C@H]1O. The molecule has 6 atom stereocenters. The molecule has 0 amide bonds. The third-order valence-corrected chi connectivity index (χ3v) is 12.1. The molecule has 1 heterocycles. The minimum Gasteiger partial charge on any atom is -0.481 e. The topological polar surface area (TPSA) is 105 Å². The molecule has 1 aliphatic heterocycles. The Labute approximate surface area is 221 Å². The summed E-state index contributed by atoms with van der Waals surface area (Å²) in [7, 11) is -2.81. The van der Waals surface area contributed by atoms with Gasteiger partial charge in [0.05, 0.1) is 30.8 Å². The van der Waals surface area contributed by atoms with Crippen molar-refractivity contribution >= 4 is 24.7 Å². The van der Waals surface area contributed by atoms with Gasteiger partial charge in [0.2, 0.25) is 0 Å². The maximum Gasteiger partial charge on any atom is 0.305 e. The van der Waals surface area contributed by atoms with Crippen LogP contribution in [0.25, 0.3) is 0 Å². The monoisotopic (exact) mass is 530 g/mol. The van der Waals surface area contributed by atoms with Crippen LogP contribution < -0.4 is 10.4 Å². The highest BCUT2D eigenvalue weighted by molar-refractivity contribution is 6.99. The average Bonchev–Trinajstić information content (AvgIpc) is 2.84. The lowest BCUT2D eigenvalue weighted by Crippen LogP contribution is -2.69. The third-order valence-electron chi connectivity index (χ3n) is 7.09. The average molecular weight is 531 g/mol. The predicted molar refractivity (Wildman–Crippen MR) is 145 cm³/mol. The van der Waals surface area contributed by atoms with Crippen LogP contribution in [0.4, 0.5) is 0 Å². The van der Waals surface area contributed by atoms with Gasteiger partial charge in [-0.2, -0.15) is 0 Å². The molecule has 3 rings (SSSR count). The number of hydrogen-bond acceptors (Lipinski definition) is 6. The van der Waals surface area contributed by atoms with Gasteiger partial charge in [0.1, 0.15) is 6.10 Å². The van der Waals surface area contributed by atoms with Gasteiger partial charge in [-0.3, -0.25) is 4.79 Å².